The van der Waals surface area contributed by atoms with Crippen LogP contribution in [0.15, 0.2) is 11.0 Å². The zero-order valence-corrected chi connectivity index (χ0v) is 11.0. The topological polar surface area (TPSA) is 70.5 Å². The Balaban J connectivity index is 2.24. The van der Waals surface area contributed by atoms with E-state index in [0.717, 1.165) is 29.2 Å². The van der Waals surface area contributed by atoms with Gasteiger partial charge in [0.05, 0.1) is 16.3 Å². The van der Waals surface area contributed by atoms with Gasteiger partial charge in [-0.05, 0) is 25.0 Å². The molecule has 0 bridgehead atoms. The van der Waals surface area contributed by atoms with Crippen molar-refractivity contribution in [2.45, 2.75) is 30.6 Å². The summed E-state index contributed by atoms with van der Waals surface area (Å²) in [7, 11) is 0. The number of hydrogen-bond acceptors (Lipinski definition) is 5. The van der Waals surface area contributed by atoms with Crippen LogP contribution in [0.5, 0.6) is 5.75 Å². The average molecular weight is 254 g/mol. The molecular weight excluding hydrogens is 236 g/mol. The van der Waals surface area contributed by atoms with Crippen molar-refractivity contribution in [3.05, 3.63) is 11.6 Å². The Kier molecular flexibility index (Phi) is 3.69. The second-order valence-corrected chi connectivity index (χ2v) is 5.25. The summed E-state index contributed by atoms with van der Waals surface area (Å²) in [4.78, 5) is 0.912. The standard InChI is InChI=1S/C12H18N2O2S/c1-3-4-15-9-6-16-11-8(13)5-7(2)10(14)12(11)17-9/h5,9H,3-4,6,13-14H2,1-2H3. The smallest absolute Gasteiger partial charge is 0.158 e. The van der Waals surface area contributed by atoms with Gasteiger partial charge in [-0.2, -0.15) is 0 Å². The zero-order valence-electron chi connectivity index (χ0n) is 10.2. The van der Waals surface area contributed by atoms with Crippen LogP contribution in [0.25, 0.3) is 0 Å². The lowest BCUT2D eigenvalue weighted by atomic mass is 10.1. The quantitative estimate of drug-likeness (QED) is 0.810. The van der Waals surface area contributed by atoms with E-state index in [9.17, 15) is 0 Å². The third-order valence-corrected chi connectivity index (χ3v) is 3.81. The van der Waals surface area contributed by atoms with Crippen molar-refractivity contribution in [2.75, 3.05) is 24.7 Å². The maximum atomic E-state index is 6.05. The molecule has 0 saturated carbocycles. The van der Waals surface area contributed by atoms with Crippen LogP contribution in [-0.2, 0) is 4.74 Å². The number of rotatable bonds is 3. The molecule has 94 valence electrons. The Labute approximate surface area is 106 Å². The highest BCUT2D eigenvalue weighted by Crippen LogP contribution is 2.46. The predicted molar refractivity (Wildman–Crippen MR) is 71.4 cm³/mol. The highest BCUT2D eigenvalue weighted by Gasteiger charge is 2.25. The molecular formula is C12H18N2O2S. The van der Waals surface area contributed by atoms with Crippen molar-refractivity contribution in [1.82, 2.24) is 0 Å². The number of thioether (sulfide) groups is 1. The highest BCUT2D eigenvalue weighted by atomic mass is 32.2. The lowest BCUT2D eigenvalue weighted by molar-refractivity contribution is 0.0723. The predicted octanol–water partition coefficient (Wildman–Crippen LogP) is 2.40. The summed E-state index contributed by atoms with van der Waals surface area (Å²) in [6.07, 6.45) is 0.995. The Hall–Kier alpha value is -1.07. The Morgan fingerprint density at radius 1 is 1.53 bits per heavy atom. The first-order valence-corrected chi connectivity index (χ1v) is 6.61. The third kappa shape index (κ3) is 2.45. The first-order valence-electron chi connectivity index (χ1n) is 5.73. The van der Waals surface area contributed by atoms with Gasteiger partial charge in [-0.3, -0.25) is 0 Å². The number of ether oxygens (including phenoxy) is 2. The fraction of sp³-hybridized carbons (Fsp3) is 0.500. The molecule has 17 heavy (non-hydrogen) atoms. The molecule has 0 aromatic heterocycles. The molecule has 0 spiro atoms. The normalized spacial score (nSPS) is 18.6. The summed E-state index contributed by atoms with van der Waals surface area (Å²) in [5, 5.41) is 0. The molecule has 4 nitrogen and oxygen atoms in total. The van der Waals surface area contributed by atoms with Crippen LogP contribution in [0, 0.1) is 6.92 Å². The first kappa shape index (κ1) is 12.4. The minimum absolute atomic E-state index is 0.00551. The maximum Gasteiger partial charge on any atom is 0.158 e. The number of benzene rings is 1. The monoisotopic (exact) mass is 254 g/mol. The molecule has 1 heterocycles. The van der Waals surface area contributed by atoms with E-state index in [4.69, 9.17) is 20.9 Å². The lowest BCUT2D eigenvalue weighted by Crippen LogP contribution is -2.23. The van der Waals surface area contributed by atoms with Crippen molar-refractivity contribution < 1.29 is 9.47 Å². The Morgan fingerprint density at radius 3 is 3.00 bits per heavy atom. The SMILES string of the molecule is CCCOC1COc2c(N)cc(C)c(N)c2S1. The van der Waals surface area contributed by atoms with Crippen molar-refractivity contribution >= 4 is 23.1 Å². The van der Waals surface area contributed by atoms with Crippen LogP contribution in [-0.4, -0.2) is 18.6 Å². The number of nitrogen functional groups attached to an aromatic ring is 2. The molecule has 0 aliphatic carbocycles. The van der Waals surface area contributed by atoms with E-state index in [2.05, 4.69) is 6.92 Å². The second kappa shape index (κ2) is 5.06. The first-order chi connectivity index (χ1) is 8.13. The van der Waals surface area contributed by atoms with Crippen molar-refractivity contribution in [3.8, 4) is 5.75 Å². The summed E-state index contributed by atoms with van der Waals surface area (Å²) >= 11 is 1.60. The van der Waals surface area contributed by atoms with Gasteiger partial charge in [0.15, 0.2) is 5.75 Å². The summed E-state index contributed by atoms with van der Waals surface area (Å²) in [6.45, 7) is 5.28. The second-order valence-electron chi connectivity index (χ2n) is 4.08. The molecule has 0 radical (unpaired) electrons. The average Bonchev–Trinajstić information content (AvgIpc) is 2.33. The van der Waals surface area contributed by atoms with Crippen molar-refractivity contribution in [2.24, 2.45) is 0 Å². The van der Waals surface area contributed by atoms with Crippen LogP contribution in [0.1, 0.15) is 18.9 Å². The molecule has 2 rings (SSSR count). The zero-order chi connectivity index (χ0) is 12.4. The number of hydrogen-bond donors (Lipinski definition) is 2. The lowest BCUT2D eigenvalue weighted by Gasteiger charge is -2.27. The van der Waals surface area contributed by atoms with Gasteiger partial charge in [-0.15, -0.1) is 0 Å². The van der Waals surface area contributed by atoms with Gasteiger partial charge >= 0.3 is 0 Å². The molecule has 1 atom stereocenters. The van der Waals surface area contributed by atoms with Crippen molar-refractivity contribution in [3.63, 3.8) is 0 Å². The molecule has 4 N–H and O–H groups in total. The molecule has 0 saturated heterocycles. The van der Waals surface area contributed by atoms with Gasteiger partial charge in [0.1, 0.15) is 12.0 Å². The molecule has 1 aromatic rings. The van der Waals surface area contributed by atoms with Gasteiger partial charge in [0.2, 0.25) is 0 Å². The number of anilines is 2. The van der Waals surface area contributed by atoms with Gasteiger partial charge < -0.3 is 20.9 Å². The minimum atomic E-state index is 0.00551. The van der Waals surface area contributed by atoms with Crippen molar-refractivity contribution in [1.29, 1.82) is 0 Å². The molecule has 0 fully saturated rings. The summed E-state index contributed by atoms with van der Waals surface area (Å²) < 4.78 is 11.3. The van der Waals surface area contributed by atoms with Crippen LogP contribution in [0.3, 0.4) is 0 Å². The fourth-order valence-corrected chi connectivity index (χ4v) is 2.86. The van der Waals surface area contributed by atoms with Gasteiger partial charge in [0, 0.05) is 6.61 Å². The summed E-state index contributed by atoms with van der Waals surface area (Å²) in [5.41, 5.74) is 14.3. The van der Waals surface area contributed by atoms with E-state index in [-0.39, 0.29) is 5.44 Å². The number of aryl methyl sites for hydroxylation is 1. The van der Waals surface area contributed by atoms with E-state index in [1.807, 2.05) is 13.0 Å². The third-order valence-electron chi connectivity index (χ3n) is 2.63. The molecule has 0 amide bonds. The summed E-state index contributed by atoms with van der Waals surface area (Å²) in [6, 6.07) is 1.85. The van der Waals surface area contributed by atoms with E-state index in [1.54, 1.807) is 11.8 Å². The van der Waals surface area contributed by atoms with Gasteiger partial charge in [-0.25, -0.2) is 0 Å². The number of fused-ring (bicyclic) bond motifs is 1. The van der Waals surface area contributed by atoms with E-state index in [0.29, 0.717) is 18.0 Å². The van der Waals surface area contributed by atoms with Crippen LogP contribution < -0.4 is 16.2 Å². The molecule has 1 aliphatic heterocycles. The Bertz CT molecular complexity index is 423. The van der Waals surface area contributed by atoms with Crippen LogP contribution in [0.2, 0.25) is 0 Å². The van der Waals surface area contributed by atoms with Gasteiger partial charge in [-0.1, -0.05) is 18.7 Å². The van der Waals surface area contributed by atoms with Gasteiger partial charge in [0.25, 0.3) is 0 Å². The molecule has 5 heteroatoms. The Morgan fingerprint density at radius 2 is 2.29 bits per heavy atom. The fourth-order valence-electron chi connectivity index (χ4n) is 1.72. The minimum Gasteiger partial charge on any atom is -0.487 e. The van der Waals surface area contributed by atoms with Crippen LogP contribution in [0.4, 0.5) is 11.4 Å². The molecule has 1 unspecified atom stereocenters. The summed E-state index contributed by atoms with van der Waals surface area (Å²) in [5.74, 6) is 0.703. The van der Waals surface area contributed by atoms with E-state index < -0.39 is 0 Å². The molecule has 1 aliphatic rings. The largest absolute Gasteiger partial charge is 0.487 e. The van der Waals surface area contributed by atoms with E-state index in [1.165, 1.54) is 0 Å². The maximum absolute atomic E-state index is 6.05. The molecule has 1 aromatic carbocycles. The van der Waals surface area contributed by atoms with Crippen LogP contribution >= 0.6 is 11.8 Å². The highest BCUT2D eigenvalue weighted by molar-refractivity contribution is 8.00. The van der Waals surface area contributed by atoms with E-state index >= 15 is 0 Å². The number of nitrogens with two attached hydrogens (primary N) is 2.